The summed E-state index contributed by atoms with van der Waals surface area (Å²) in [6.07, 6.45) is 7.68. The van der Waals surface area contributed by atoms with E-state index in [0.29, 0.717) is 26.4 Å². The van der Waals surface area contributed by atoms with Crippen LogP contribution in [0.15, 0.2) is 0 Å². The minimum absolute atomic E-state index is 0.428. The van der Waals surface area contributed by atoms with E-state index in [4.69, 9.17) is 25.8 Å². The van der Waals surface area contributed by atoms with E-state index in [9.17, 15) is 0 Å². The Balaban J connectivity index is 0.000000281. The molecule has 42 heavy (non-hydrogen) atoms. The van der Waals surface area contributed by atoms with Gasteiger partial charge in [-0.2, -0.15) is 0 Å². The van der Waals surface area contributed by atoms with Crippen LogP contribution in [-0.2, 0) is 24.3 Å². The van der Waals surface area contributed by atoms with Gasteiger partial charge >= 0.3 is 0 Å². The fourth-order valence-electron chi connectivity index (χ4n) is 4.92. The molecule has 4 aliphatic rings. The van der Waals surface area contributed by atoms with Gasteiger partial charge in [0.1, 0.15) is 0 Å². The summed E-state index contributed by atoms with van der Waals surface area (Å²) in [5.74, 6) is 0. The van der Waals surface area contributed by atoms with Gasteiger partial charge in [0.05, 0.1) is 39.6 Å². The number of hydrogen-bond acceptors (Lipinski definition) is 14. The summed E-state index contributed by atoms with van der Waals surface area (Å²) in [5.41, 5.74) is 0. The molecule has 0 radical (unpaired) electrons. The maximum atomic E-state index is 8.11. The zero-order chi connectivity index (χ0) is 30.5. The molecule has 0 aromatic carbocycles. The maximum absolute atomic E-state index is 8.11. The number of ether oxygens (including phenoxy) is 1. The van der Waals surface area contributed by atoms with E-state index in [2.05, 4.69) is 51.1 Å². The molecule has 4 fully saturated rings. The molecule has 0 aliphatic carbocycles. The van der Waals surface area contributed by atoms with Crippen LogP contribution in [0.1, 0.15) is 44.9 Å². The second-order valence-electron chi connectivity index (χ2n) is 11.1. The smallest absolute Gasteiger partial charge is 0.0831 e. The zero-order valence-electron chi connectivity index (χ0n) is 26.2. The van der Waals surface area contributed by atoms with Crippen LogP contribution in [0.4, 0.5) is 0 Å². The van der Waals surface area contributed by atoms with E-state index in [1.165, 1.54) is 45.4 Å². The number of likely N-dealkylation sites (tertiary alicyclic amines) is 2. The van der Waals surface area contributed by atoms with Crippen molar-refractivity contribution in [3.05, 3.63) is 0 Å². The fraction of sp³-hybridized carbons (Fsp3) is 1.00. The van der Waals surface area contributed by atoms with Crippen molar-refractivity contribution < 1.29 is 45.3 Å². The predicted molar refractivity (Wildman–Crippen MR) is 161 cm³/mol. The zero-order valence-corrected chi connectivity index (χ0v) is 26.2. The van der Waals surface area contributed by atoms with E-state index in [1.54, 1.807) is 0 Å². The Bertz CT molecular complexity index is 550. The van der Waals surface area contributed by atoms with Gasteiger partial charge in [0.2, 0.25) is 0 Å². The number of nitrogens with zero attached hydrogens (tertiary/aromatic N) is 5. The van der Waals surface area contributed by atoms with Crippen LogP contribution in [0, 0.1) is 0 Å². The summed E-state index contributed by atoms with van der Waals surface area (Å²) in [6.45, 7) is 19.2. The molecular formula is C28H61N5O9. The van der Waals surface area contributed by atoms with Crippen LogP contribution in [0.5, 0.6) is 0 Å². The third-order valence-corrected chi connectivity index (χ3v) is 7.69. The van der Waals surface area contributed by atoms with E-state index in [1.807, 2.05) is 0 Å². The van der Waals surface area contributed by atoms with Gasteiger partial charge in [-0.25, -0.2) is 19.6 Å². The molecule has 0 saturated carbocycles. The SMILES string of the molecule is CN1CCN(CCCOO)CC1.OOCCCN1CCC1.OOCCCN1CCCC1.OOCCCN1CCOCC1. The number of morpholine rings is 1. The fourth-order valence-corrected chi connectivity index (χ4v) is 4.92. The molecule has 252 valence electrons. The van der Waals surface area contributed by atoms with Gasteiger partial charge in [-0.3, -0.25) is 25.9 Å². The van der Waals surface area contributed by atoms with Gasteiger partial charge in [0.15, 0.2) is 0 Å². The van der Waals surface area contributed by atoms with Crippen LogP contribution in [0.2, 0.25) is 0 Å². The van der Waals surface area contributed by atoms with Crippen molar-refractivity contribution >= 4 is 0 Å². The highest BCUT2D eigenvalue weighted by molar-refractivity contribution is 4.69. The molecule has 0 bridgehead atoms. The van der Waals surface area contributed by atoms with Crippen molar-refractivity contribution in [3.63, 3.8) is 0 Å². The van der Waals surface area contributed by atoms with Crippen LogP contribution in [-0.4, -0.2) is 184 Å². The van der Waals surface area contributed by atoms with Crippen molar-refractivity contribution in [2.24, 2.45) is 0 Å². The average Bonchev–Trinajstić information content (AvgIpc) is 3.51. The maximum Gasteiger partial charge on any atom is 0.0831 e. The third kappa shape index (κ3) is 22.9. The summed E-state index contributed by atoms with van der Waals surface area (Å²) >= 11 is 0. The number of piperazine rings is 1. The van der Waals surface area contributed by atoms with Gasteiger partial charge in [0.25, 0.3) is 0 Å². The first-order chi connectivity index (χ1) is 20.6. The van der Waals surface area contributed by atoms with Crippen molar-refractivity contribution in [2.45, 2.75) is 44.9 Å². The molecule has 4 heterocycles. The monoisotopic (exact) mass is 611 g/mol. The highest BCUT2D eigenvalue weighted by Crippen LogP contribution is 2.07. The molecule has 0 aromatic rings. The molecule has 4 saturated heterocycles. The molecule has 0 spiro atoms. The minimum Gasteiger partial charge on any atom is -0.379 e. The van der Waals surface area contributed by atoms with Gasteiger partial charge in [-0.05, 0) is 78.2 Å². The Kier molecular flexibility index (Phi) is 27.4. The molecule has 0 unspecified atom stereocenters. The van der Waals surface area contributed by atoms with Crippen molar-refractivity contribution in [1.82, 2.24) is 24.5 Å². The summed E-state index contributed by atoms with van der Waals surface area (Å²) in [7, 11) is 2.15. The van der Waals surface area contributed by atoms with Crippen molar-refractivity contribution in [3.8, 4) is 0 Å². The lowest BCUT2D eigenvalue weighted by Gasteiger charge is -2.32. The summed E-state index contributed by atoms with van der Waals surface area (Å²) in [5, 5.41) is 32.1. The second kappa shape index (κ2) is 29.2. The van der Waals surface area contributed by atoms with Crippen LogP contribution >= 0.6 is 0 Å². The molecule has 0 atom stereocenters. The Morgan fingerprint density at radius 1 is 0.452 bits per heavy atom. The van der Waals surface area contributed by atoms with Gasteiger partial charge in [-0.15, -0.1) is 0 Å². The van der Waals surface area contributed by atoms with E-state index < -0.39 is 0 Å². The number of hydrogen-bond donors (Lipinski definition) is 4. The van der Waals surface area contributed by atoms with E-state index >= 15 is 0 Å². The lowest BCUT2D eigenvalue weighted by Crippen LogP contribution is -2.44. The largest absolute Gasteiger partial charge is 0.379 e. The summed E-state index contributed by atoms with van der Waals surface area (Å²) in [4.78, 5) is 27.7. The van der Waals surface area contributed by atoms with Crippen LogP contribution < -0.4 is 0 Å². The molecule has 14 heteroatoms. The highest BCUT2D eigenvalue weighted by Gasteiger charge is 2.13. The molecule has 14 nitrogen and oxygen atoms in total. The molecule has 4 rings (SSSR count). The molecular weight excluding hydrogens is 550 g/mol. The Labute approximate surface area is 253 Å². The predicted octanol–water partition coefficient (Wildman–Crippen LogP) is 1.85. The second-order valence-corrected chi connectivity index (χ2v) is 11.1. The normalized spacial score (nSPS) is 20.5. The number of likely N-dealkylation sites (N-methyl/N-ethyl adjacent to an activating group) is 1. The average molecular weight is 612 g/mol. The summed E-state index contributed by atoms with van der Waals surface area (Å²) in [6, 6.07) is 0. The molecule has 0 aromatic heterocycles. The molecule has 0 amide bonds. The van der Waals surface area contributed by atoms with Crippen molar-refractivity contribution in [1.29, 1.82) is 0 Å². The van der Waals surface area contributed by atoms with Gasteiger partial charge in [-0.1, -0.05) is 0 Å². The lowest BCUT2D eigenvalue weighted by atomic mass is 10.2. The van der Waals surface area contributed by atoms with Crippen molar-refractivity contribution in [2.75, 3.05) is 138 Å². The number of rotatable bonds is 16. The standard InChI is InChI=1S/C8H18N2O2.C7H15NO3.C7H15NO2.C6H13NO2/c1-9-4-6-10(7-5-9)3-2-8-12-11;9-11-5-1-2-8-3-6-10-7-4-8;9-10-7-3-6-8-4-1-2-5-8;8-9-6-2-5-7-3-1-4-7/h11H,2-8H2,1H3;9H,1-7H2;9H,1-7H2;8H,1-6H2. The quantitative estimate of drug-likeness (QED) is 0.114. The highest BCUT2D eigenvalue weighted by atomic mass is 17.1. The van der Waals surface area contributed by atoms with E-state index in [0.717, 1.165) is 104 Å². The Morgan fingerprint density at radius 3 is 1.12 bits per heavy atom. The first-order valence-corrected chi connectivity index (χ1v) is 15.8. The Hall–Kier alpha value is -0.560. The molecule has 4 N–H and O–H groups in total. The first kappa shape index (κ1) is 39.5. The van der Waals surface area contributed by atoms with Crippen LogP contribution in [0.3, 0.4) is 0 Å². The summed E-state index contributed by atoms with van der Waals surface area (Å²) < 4.78 is 5.18. The topological polar surface area (TPSA) is 143 Å². The molecule has 4 aliphatic heterocycles. The van der Waals surface area contributed by atoms with Gasteiger partial charge < -0.3 is 24.3 Å². The third-order valence-electron chi connectivity index (χ3n) is 7.69. The van der Waals surface area contributed by atoms with Crippen LogP contribution in [0.25, 0.3) is 0 Å². The first-order valence-electron chi connectivity index (χ1n) is 15.8. The Morgan fingerprint density at radius 2 is 0.786 bits per heavy atom. The minimum atomic E-state index is 0.428. The van der Waals surface area contributed by atoms with Gasteiger partial charge in [0, 0.05) is 65.4 Å². The van der Waals surface area contributed by atoms with E-state index in [-0.39, 0.29) is 0 Å². The lowest BCUT2D eigenvalue weighted by molar-refractivity contribution is -0.243.